The first-order valence-electron chi connectivity index (χ1n) is 4.04. The fourth-order valence-corrected chi connectivity index (χ4v) is 1.04. The maximum absolute atomic E-state index is 11.2. The van der Waals surface area contributed by atoms with E-state index in [9.17, 15) is 19.5 Å². The molecule has 0 fully saturated rings. The van der Waals surface area contributed by atoms with Crippen LogP contribution in [-0.4, -0.2) is 20.4 Å². The van der Waals surface area contributed by atoms with Gasteiger partial charge in [0.15, 0.2) is 5.78 Å². The van der Waals surface area contributed by atoms with Crippen molar-refractivity contribution in [3.05, 3.63) is 26.4 Å². The number of nitrogens with zero attached hydrogens (tertiary/aromatic N) is 1. The molecule has 0 aliphatic carbocycles. The average Bonchev–Trinajstić information content (AvgIpc) is 2.14. The zero-order chi connectivity index (χ0) is 10.9. The van der Waals surface area contributed by atoms with Crippen LogP contribution in [-0.2, 0) is 7.05 Å². The number of aromatic nitrogens is 2. The first-order chi connectivity index (χ1) is 6.49. The van der Waals surface area contributed by atoms with E-state index in [1.807, 2.05) is 4.98 Å². The van der Waals surface area contributed by atoms with Crippen LogP contribution in [0.5, 0.6) is 5.88 Å². The Hall–Kier alpha value is -1.85. The van der Waals surface area contributed by atoms with Crippen LogP contribution in [0, 0.1) is 0 Å². The van der Waals surface area contributed by atoms with E-state index in [0.29, 0.717) is 0 Å². The molecule has 0 spiro atoms. The lowest BCUT2D eigenvalue weighted by Gasteiger charge is -2.04. The van der Waals surface area contributed by atoms with Crippen molar-refractivity contribution in [2.24, 2.45) is 7.05 Å². The molecule has 0 saturated carbocycles. The minimum absolute atomic E-state index is 0.0921. The standard InChI is InChI=1S/C8H10N2O4/c1-3-4(11)5-6(12)9-8(14)10(2)7(5)13/h13H,3H2,1-2H3,(H,9,12,14). The monoisotopic (exact) mass is 198 g/mol. The molecule has 76 valence electrons. The molecule has 1 rings (SSSR count). The lowest BCUT2D eigenvalue weighted by atomic mass is 10.1. The second-order valence-corrected chi connectivity index (χ2v) is 2.79. The van der Waals surface area contributed by atoms with Gasteiger partial charge in [-0.1, -0.05) is 6.92 Å². The molecule has 6 heteroatoms. The van der Waals surface area contributed by atoms with Crippen LogP contribution < -0.4 is 11.2 Å². The smallest absolute Gasteiger partial charge is 0.330 e. The van der Waals surface area contributed by atoms with Crippen LogP contribution >= 0.6 is 0 Å². The highest BCUT2D eigenvalue weighted by Crippen LogP contribution is 2.09. The fourth-order valence-electron chi connectivity index (χ4n) is 1.04. The summed E-state index contributed by atoms with van der Waals surface area (Å²) in [7, 11) is 1.26. The Kier molecular flexibility index (Phi) is 2.55. The lowest BCUT2D eigenvalue weighted by molar-refractivity contribution is 0.0982. The van der Waals surface area contributed by atoms with Crippen LogP contribution in [0.1, 0.15) is 23.7 Å². The van der Waals surface area contributed by atoms with Gasteiger partial charge in [0.2, 0.25) is 5.88 Å². The molecule has 0 amide bonds. The van der Waals surface area contributed by atoms with E-state index in [1.54, 1.807) is 6.92 Å². The normalized spacial score (nSPS) is 10.1. The molecule has 0 aliphatic heterocycles. The van der Waals surface area contributed by atoms with Crippen LogP contribution in [0.25, 0.3) is 0 Å². The molecule has 0 unspecified atom stereocenters. The van der Waals surface area contributed by atoms with Crippen LogP contribution in [0.15, 0.2) is 9.59 Å². The molecule has 0 radical (unpaired) electrons. The Morgan fingerprint density at radius 1 is 1.50 bits per heavy atom. The van der Waals surface area contributed by atoms with Gasteiger partial charge in [0, 0.05) is 13.5 Å². The predicted octanol–water partition coefficient (Wildman–Crippen LogP) is -0.628. The van der Waals surface area contributed by atoms with E-state index in [4.69, 9.17) is 0 Å². The third kappa shape index (κ3) is 1.46. The summed E-state index contributed by atoms with van der Waals surface area (Å²) in [5.41, 5.74) is -1.97. The summed E-state index contributed by atoms with van der Waals surface area (Å²) in [6.45, 7) is 1.56. The van der Waals surface area contributed by atoms with Crippen LogP contribution in [0.4, 0.5) is 0 Å². The first-order valence-corrected chi connectivity index (χ1v) is 4.04. The molecule has 14 heavy (non-hydrogen) atoms. The Bertz CT molecular complexity index is 483. The topological polar surface area (TPSA) is 92.2 Å². The molecule has 1 aromatic heterocycles. The summed E-state index contributed by atoms with van der Waals surface area (Å²) < 4.78 is 0.810. The quantitative estimate of drug-likeness (QED) is 0.619. The number of ketones is 1. The Labute approximate surface area is 78.8 Å². The minimum Gasteiger partial charge on any atom is -0.494 e. The minimum atomic E-state index is -0.850. The van der Waals surface area contributed by atoms with Crippen molar-refractivity contribution in [2.75, 3.05) is 0 Å². The number of hydrogen-bond donors (Lipinski definition) is 2. The van der Waals surface area contributed by atoms with E-state index in [1.165, 1.54) is 7.05 Å². The number of nitrogens with one attached hydrogen (secondary N) is 1. The van der Waals surface area contributed by atoms with Crippen LogP contribution in [0.3, 0.4) is 0 Å². The number of H-pyrrole nitrogens is 1. The van der Waals surface area contributed by atoms with Gasteiger partial charge in [0.25, 0.3) is 5.56 Å². The third-order valence-corrected chi connectivity index (χ3v) is 1.89. The maximum atomic E-state index is 11.2. The second kappa shape index (κ2) is 3.49. The number of aromatic amines is 1. The Balaban J connectivity index is 3.61. The molecular weight excluding hydrogens is 188 g/mol. The van der Waals surface area contributed by atoms with E-state index in [2.05, 4.69) is 0 Å². The predicted molar refractivity (Wildman–Crippen MR) is 48.6 cm³/mol. The van der Waals surface area contributed by atoms with Gasteiger partial charge in [-0.05, 0) is 0 Å². The van der Waals surface area contributed by atoms with E-state index >= 15 is 0 Å². The van der Waals surface area contributed by atoms with Gasteiger partial charge in [-0.15, -0.1) is 0 Å². The first kappa shape index (κ1) is 10.2. The van der Waals surface area contributed by atoms with Gasteiger partial charge in [-0.25, -0.2) is 4.79 Å². The lowest BCUT2D eigenvalue weighted by Crippen LogP contribution is -2.32. The van der Waals surface area contributed by atoms with Crippen molar-refractivity contribution in [3.63, 3.8) is 0 Å². The van der Waals surface area contributed by atoms with E-state index in [-0.39, 0.29) is 12.0 Å². The number of carbonyl (C=O) groups excluding carboxylic acids is 1. The van der Waals surface area contributed by atoms with Gasteiger partial charge >= 0.3 is 5.69 Å². The van der Waals surface area contributed by atoms with Gasteiger partial charge < -0.3 is 5.11 Å². The number of hydrogen-bond acceptors (Lipinski definition) is 4. The number of carbonyl (C=O) groups is 1. The molecule has 0 aromatic carbocycles. The zero-order valence-corrected chi connectivity index (χ0v) is 7.83. The Morgan fingerprint density at radius 3 is 2.57 bits per heavy atom. The van der Waals surface area contributed by atoms with Gasteiger partial charge in [0.1, 0.15) is 5.56 Å². The molecule has 1 heterocycles. The summed E-state index contributed by atoms with van der Waals surface area (Å²) in [5.74, 6) is -1.09. The SMILES string of the molecule is CCC(=O)c1c(O)n(C)c(=O)[nH]c1=O. The van der Waals surface area contributed by atoms with E-state index in [0.717, 1.165) is 4.57 Å². The highest BCUT2D eigenvalue weighted by Gasteiger charge is 2.17. The number of rotatable bonds is 2. The molecule has 0 saturated heterocycles. The molecule has 1 aromatic rings. The molecular formula is C8H10N2O4. The molecule has 0 bridgehead atoms. The summed E-state index contributed by atoms with van der Waals surface area (Å²) in [6.07, 6.45) is 0.0921. The molecule has 6 nitrogen and oxygen atoms in total. The molecule has 2 N–H and O–H groups in total. The highest BCUT2D eigenvalue weighted by atomic mass is 16.3. The van der Waals surface area contributed by atoms with E-state index < -0.39 is 22.9 Å². The zero-order valence-electron chi connectivity index (χ0n) is 7.83. The van der Waals surface area contributed by atoms with Crippen molar-refractivity contribution in [1.29, 1.82) is 0 Å². The summed E-state index contributed by atoms with van der Waals surface area (Å²) in [6, 6.07) is 0. The number of aromatic hydroxyl groups is 1. The van der Waals surface area contributed by atoms with Crippen molar-refractivity contribution >= 4 is 5.78 Å². The largest absolute Gasteiger partial charge is 0.494 e. The van der Waals surface area contributed by atoms with Gasteiger partial charge in [-0.2, -0.15) is 0 Å². The fraction of sp³-hybridized carbons (Fsp3) is 0.375. The summed E-state index contributed by atoms with van der Waals surface area (Å²) in [4.78, 5) is 35.3. The second-order valence-electron chi connectivity index (χ2n) is 2.79. The summed E-state index contributed by atoms with van der Waals surface area (Å²) >= 11 is 0. The summed E-state index contributed by atoms with van der Waals surface area (Å²) in [5, 5.41) is 9.38. The average molecular weight is 198 g/mol. The number of Topliss-reactive ketones (excluding diaryl/α,β-unsaturated/α-hetero) is 1. The molecule has 0 atom stereocenters. The van der Waals surface area contributed by atoms with Crippen LogP contribution in [0.2, 0.25) is 0 Å². The molecule has 0 aliphatic rings. The van der Waals surface area contributed by atoms with Crippen molar-refractivity contribution < 1.29 is 9.90 Å². The third-order valence-electron chi connectivity index (χ3n) is 1.89. The van der Waals surface area contributed by atoms with Crippen molar-refractivity contribution in [3.8, 4) is 5.88 Å². The highest BCUT2D eigenvalue weighted by molar-refractivity contribution is 5.97. The van der Waals surface area contributed by atoms with Gasteiger partial charge in [-0.3, -0.25) is 19.1 Å². The van der Waals surface area contributed by atoms with Crippen molar-refractivity contribution in [2.45, 2.75) is 13.3 Å². The van der Waals surface area contributed by atoms with Crippen molar-refractivity contribution in [1.82, 2.24) is 9.55 Å². The Morgan fingerprint density at radius 2 is 2.07 bits per heavy atom. The maximum Gasteiger partial charge on any atom is 0.330 e. The van der Waals surface area contributed by atoms with Gasteiger partial charge in [0.05, 0.1) is 0 Å².